The number of phenols is 1. The summed E-state index contributed by atoms with van der Waals surface area (Å²) in [4.78, 5) is 17.9. The van der Waals surface area contributed by atoms with Gasteiger partial charge in [-0.15, -0.1) is 0 Å². The van der Waals surface area contributed by atoms with Gasteiger partial charge < -0.3 is 19.6 Å². The lowest BCUT2D eigenvalue weighted by Gasteiger charge is -2.60. The third-order valence-corrected chi connectivity index (χ3v) is 9.69. The fourth-order valence-electron chi connectivity index (χ4n) is 6.67. The van der Waals surface area contributed by atoms with Gasteiger partial charge in [-0.3, -0.25) is 4.79 Å². The topological polar surface area (TPSA) is 53.0 Å². The molecule has 36 heavy (non-hydrogen) atoms. The number of methoxy groups -OCH3 is 1. The van der Waals surface area contributed by atoms with Crippen LogP contribution < -0.4 is 0 Å². The fourth-order valence-corrected chi connectivity index (χ4v) is 6.99. The van der Waals surface area contributed by atoms with Crippen LogP contribution in [-0.4, -0.2) is 66.2 Å². The summed E-state index contributed by atoms with van der Waals surface area (Å²) in [5, 5.41) is 11.4. The number of amides is 1. The van der Waals surface area contributed by atoms with Gasteiger partial charge in [-0.25, -0.2) is 0 Å². The van der Waals surface area contributed by atoms with E-state index >= 15 is 0 Å². The molecule has 0 aromatic heterocycles. The third-order valence-electron chi connectivity index (χ3n) is 8.95. The molecule has 1 N–H and O–H groups in total. The quantitative estimate of drug-likeness (QED) is 0.499. The lowest BCUT2D eigenvalue weighted by molar-refractivity contribution is -0.160. The highest BCUT2D eigenvalue weighted by Crippen LogP contribution is 2.54. The Morgan fingerprint density at radius 2 is 1.94 bits per heavy atom. The maximum Gasteiger partial charge on any atom is 0.226 e. The Bertz CT molecular complexity index is 1120. The van der Waals surface area contributed by atoms with E-state index in [1.165, 1.54) is 12.8 Å². The van der Waals surface area contributed by atoms with Crippen molar-refractivity contribution in [3.05, 3.63) is 63.6 Å². The fraction of sp³-hybridized carbons (Fsp3) is 0.552. The van der Waals surface area contributed by atoms with Gasteiger partial charge in [-0.1, -0.05) is 41.4 Å². The molecule has 3 atom stereocenters. The predicted octanol–water partition coefficient (Wildman–Crippen LogP) is 5.69. The number of benzene rings is 2. The number of likely N-dealkylation sites (tertiary alicyclic amines) is 1. The number of likely N-dealkylation sites (N-methyl/N-ethyl adjacent to an activating group) is 1. The van der Waals surface area contributed by atoms with Crippen molar-refractivity contribution in [3.63, 3.8) is 0 Å². The van der Waals surface area contributed by atoms with E-state index < -0.39 is 0 Å². The third kappa shape index (κ3) is 4.88. The first-order chi connectivity index (χ1) is 17.2. The van der Waals surface area contributed by atoms with E-state index in [4.69, 9.17) is 27.9 Å². The molecule has 3 aliphatic rings. The summed E-state index contributed by atoms with van der Waals surface area (Å²) in [6, 6.07) is 13.2. The molecule has 0 bridgehead atoms. The van der Waals surface area contributed by atoms with Gasteiger partial charge in [0, 0.05) is 38.7 Å². The number of fused-ring (bicyclic) bond motifs is 1. The summed E-state index contributed by atoms with van der Waals surface area (Å²) in [6.45, 7) is 3.04. The second-order valence-electron chi connectivity index (χ2n) is 11.1. The number of phenolic OH excluding ortho intramolecular Hbond substituents is 1. The monoisotopic (exact) mass is 530 g/mol. The minimum Gasteiger partial charge on any atom is -0.508 e. The summed E-state index contributed by atoms with van der Waals surface area (Å²) >= 11 is 12.2. The minimum atomic E-state index is -0.349. The molecule has 7 heteroatoms. The Morgan fingerprint density at radius 3 is 2.64 bits per heavy atom. The molecule has 0 radical (unpaired) electrons. The number of nitrogens with zero attached hydrogens (tertiary/aromatic N) is 2. The molecule has 3 fully saturated rings. The molecule has 0 spiro atoms. The molecule has 1 aliphatic heterocycles. The van der Waals surface area contributed by atoms with Crippen LogP contribution in [0.15, 0.2) is 42.5 Å². The zero-order valence-corrected chi connectivity index (χ0v) is 22.7. The van der Waals surface area contributed by atoms with Crippen LogP contribution in [0, 0.1) is 5.92 Å². The Hall–Kier alpha value is -1.79. The predicted molar refractivity (Wildman–Crippen MR) is 144 cm³/mol. The first-order valence-electron chi connectivity index (χ1n) is 13.0. The number of carbonyl (C=O) groups excluding carboxylic acids is 1. The molecule has 2 aromatic rings. The van der Waals surface area contributed by atoms with Gasteiger partial charge in [-0.05, 0) is 86.4 Å². The molecule has 5 rings (SSSR count). The van der Waals surface area contributed by atoms with Crippen molar-refractivity contribution in [3.8, 4) is 5.75 Å². The van der Waals surface area contributed by atoms with E-state index in [1.807, 2.05) is 37.3 Å². The normalized spacial score (nSPS) is 28.5. The number of rotatable bonds is 7. The van der Waals surface area contributed by atoms with Gasteiger partial charge >= 0.3 is 0 Å². The Morgan fingerprint density at radius 1 is 1.14 bits per heavy atom. The van der Waals surface area contributed by atoms with Crippen LogP contribution in [0.4, 0.5) is 0 Å². The van der Waals surface area contributed by atoms with Crippen molar-refractivity contribution in [1.82, 2.24) is 9.80 Å². The molecule has 2 aromatic carbocycles. The van der Waals surface area contributed by atoms with Crippen LogP contribution in [0.3, 0.4) is 0 Å². The Kier molecular flexibility index (Phi) is 7.30. The Labute approximate surface area is 224 Å². The van der Waals surface area contributed by atoms with Gasteiger partial charge in [-0.2, -0.15) is 0 Å². The van der Waals surface area contributed by atoms with E-state index in [9.17, 15) is 9.90 Å². The summed E-state index contributed by atoms with van der Waals surface area (Å²) in [7, 11) is 3.76. The van der Waals surface area contributed by atoms with Crippen molar-refractivity contribution in [2.45, 2.75) is 62.0 Å². The van der Waals surface area contributed by atoms with Gasteiger partial charge in [0.25, 0.3) is 0 Å². The van der Waals surface area contributed by atoms with Gasteiger partial charge in [0.15, 0.2) is 0 Å². The van der Waals surface area contributed by atoms with Crippen molar-refractivity contribution in [1.29, 1.82) is 0 Å². The zero-order valence-electron chi connectivity index (χ0n) is 21.2. The SMILES string of the molecule is CO[C@]12CC[C@H](N(C)C(=O)Cc3ccc(Cl)c(Cl)c3)C[C@]1(c1cccc(O)c1)CCN(CC1CC1)C2. The maximum atomic E-state index is 13.4. The molecular formula is C29H36Cl2N2O3. The Balaban J connectivity index is 1.41. The molecule has 194 valence electrons. The van der Waals surface area contributed by atoms with Gasteiger partial charge in [0.05, 0.1) is 22.1 Å². The summed E-state index contributed by atoms with van der Waals surface area (Å²) in [6.07, 6.45) is 6.47. The number of ether oxygens (including phenoxy) is 1. The number of aromatic hydroxyl groups is 1. The number of hydrogen-bond donors (Lipinski definition) is 1. The van der Waals surface area contributed by atoms with E-state index in [0.29, 0.717) is 10.0 Å². The van der Waals surface area contributed by atoms with Gasteiger partial charge in [0.1, 0.15) is 5.75 Å². The summed E-state index contributed by atoms with van der Waals surface area (Å²) in [5.41, 5.74) is 1.35. The first-order valence-corrected chi connectivity index (χ1v) is 13.8. The highest BCUT2D eigenvalue weighted by atomic mass is 35.5. The largest absolute Gasteiger partial charge is 0.508 e. The van der Waals surface area contributed by atoms with Crippen LogP contribution in [-0.2, 0) is 21.4 Å². The van der Waals surface area contributed by atoms with Crippen LogP contribution in [0.25, 0.3) is 0 Å². The molecule has 0 unspecified atom stereocenters. The lowest BCUT2D eigenvalue weighted by atomic mass is 9.55. The number of carbonyl (C=O) groups is 1. The molecule has 2 aliphatic carbocycles. The van der Waals surface area contributed by atoms with Crippen LogP contribution in [0.2, 0.25) is 10.0 Å². The average molecular weight is 532 g/mol. The number of halogens is 2. The second kappa shape index (κ2) is 10.2. The van der Waals surface area contributed by atoms with Crippen molar-refractivity contribution >= 4 is 29.1 Å². The second-order valence-corrected chi connectivity index (χ2v) is 11.9. The van der Waals surface area contributed by atoms with E-state index in [0.717, 1.165) is 62.4 Å². The summed E-state index contributed by atoms with van der Waals surface area (Å²) < 4.78 is 6.47. The average Bonchev–Trinajstić information content (AvgIpc) is 3.69. The van der Waals surface area contributed by atoms with E-state index in [-0.39, 0.29) is 35.1 Å². The highest BCUT2D eigenvalue weighted by Gasteiger charge is 2.59. The van der Waals surface area contributed by atoms with Gasteiger partial charge in [0.2, 0.25) is 5.91 Å². The van der Waals surface area contributed by atoms with Crippen LogP contribution in [0.5, 0.6) is 5.75 Å². The van der Waals surface area contributed by atoms with E-state index in [2.05, 4.69) is 11.0 Å². The zero-order chi connectivity index (χ0) is 25.5. The molecule has 5 nitrogen and oxygen atoms in total. The molecule has 1 heterocycles. The van der Waals surface area contributed by atoms with Crippen molar-refractivity contribution in [2.75, 3.05) is 33.8 Å². The minimum absolute atomic E-state index is 0.0699. The first kappa shape index (κ1) is 25.8. The van der Waals surface area contributed by atoms with Crippen molar-refractivity contribution in [2.24, 2.45) is 5.92 Å². The standard InChI is InChI=1S/C29H36Cl2N2O3/c1-32(27(35)15-21-8-9-25(30)26(31)14-21)23-10-11-29(36-2)19-33(18-20-6-7-20)13-12-28(29,17-23)22-4-3-5-24(34)16-22/h3-5,8-9,14,16,20,23,34H,6-7,10-13,15,17-19H2,1-2H3/t23-,28-,29-/m0/s1. The summed E-state index contributed by atoms with van der Waals surface area (Å²) in [5.74, 6) is 1.17. The highest BCUT2D eigenvalue weighted by molar-refractivity contribution is 6.42. The molecule has 1 saturated heterocycles. The van der Waals surface area contributed by atoms with Crippen LogP contribution in [0.1, 0.15) is 49.7 Å². The number of hydrogen-bond acceptors (Lipinski definition) is 4. The van der Waals surface area contributed by atoms with E-state index in [1.54, 1.807) is 18.2 Å². The number of piperidine rings is 1. The molecule has 1 amide bonds. The van der Waals surface area contributed by atoms with Crippen molar-refractivity contribution < 1.29 is 14.6 Å². The van der Waals surface area contributed by atoms with Crippen LogP contribution >= 0.6 is 23.2 Å². The smallest absolute Gasteiger partial charge is 0.226 e. The molecular weight excluding hydrogens is 495 g/mol. The molecule has 2 saturated carbocycles. The maximum absolute atomic E-state index is 13.4. The lowest BCUT2D eigenvalue weighted by Crippen LogP contribution is -2.68.